The predicted octanol–water partition coefficient (Wildman–Crippen LogP) is 4.39. The van der Waals surface area contributed by atoms with Crippen LogP contribution in [-0.2, 0) is 15.3 Å². The first kappa shape index (κ1) is 23.3. The molecule has 4 rings (SSSR count). The van der Waals surface area contributed by atoms with Crippen LogP contribution >= 0.6 is 23.1 Å². The van der Waals surface area contributed by atoms with E-state index in [2.05, 4.69) is 9.88 Å². The molecule has 2 aromatic carbocycles. The van der Waals surface area contributed by atoms with Crippen molar-refractivity contribution in [2.75, 3.05) is 37.7 Å². The number of carbonyl (C=O) groups excluding carboxylic acids is 2. The molecule has 0 radical (unpaired) electrons. The molecule has 1 fully saturated rings. The topological polar surface area (TPSA) is 62.7 Å². The van der Waals surface area contributed by atoms with Crippen LogP contribution in [0.3, 0.4) is 0 Å². The van der Waals surface area contributed by atoms with Crippen molar-refractivity contribution in [1.29, 1.82) is 0 Å². The van der Waals surface area contributed by atoms with Gasteiger partial charge in [-0.15, -0.1) is 11.3 Å². The summed E-state index contributed by atoms with van der Waals surface area (Å²) in [6, 6.07) is 13.6. The Labute approximate surface area is 200 Å². The van der Waals surface area contributed by atoms with E-state index in [1.165, 1.54) is 12.1 Å². The molecule has 1 aliphatic rings. The number of halogens is 1. The number of anilines is 1. The van der Waals surface area contributed by atoms with E-state index in [-0.39, 0.29) is 18.3 Å². The lowest BCUT2D eigenvalue weighted by Crippen LogP contribution is -2.49. The van der Waals surface area contributed by atoms with Gasteiger partial charge in [0.2, 0.25) is 0 Å². The minimum absolute atomic E-state index is 0.216. The van der Waals surface area contributed by atoms with Crippen LogP contribution in [0, 0.1) is 12.7 Å². The van der Waals surface area contributed by atoms with Crippen molar-refractivity contribution in [3.05, 3.63) is 76.5 Å². The van der Waals surface area contributed by atoms with Crippen LogP contribution in [0.25, 0.3) is 0 Å². The van der Waals surface area contributed by atoms with Crippen LogP contribution in [0.1, 0.15) is 21.6 Å². The van der Waals surface area contributed by atoms with Crippen LogP contribution in [-0.4, -0.2) is 54.5 Å². The number of esters is 1. The number of hydrogen-bond donors (Lipinski definition) is 0. The predicted molar refractivity (Wildman–Crippen MR) is 128 cm³/mol. The first-order chi connectivity index (χ1) is 16.0. The SMILES string of the molecule is Cc1csc(SCc2ccccc2C(=O)OCC(=O)N2CCN(c3ccc(F)cc3)CC2)n1. The van der Waals surface area contributed by atoms with Gasteiger partial charge in [0.25, 0.3) is 5.91 Å². The smallest absolute Gasteiger partial charge is 0.338 e. The van der Waals surface area contributed by atoms with Crippen molar-refractivity contribution in [2.45, 2.75) is 17.0 Å². The van der Waals surface area contributed by atoms with Gasteiger partial charge in [-0.25, -0.2) is 14.2 Å². The fourth-order valence-electron chi connectivity index (χ4n) is 3.55. The number of nitrogens with zero attached hydrogens (tertiary/aromatic N) is 3. The summed E-state index contributed by atoms with van der Waals surface area (Å²) >= 11 is 3.15. The summed E-state index contributed by atoms with van der Waals surface area (Å²) in [5, 5.41) is 1.99. The molecular formula is C24H24FN3O3S2. The van der Waals surface area contributed by atoms with Crippen molar-refractivity contribution < 1.29 is 18.7 Å². The number of thioether (sulfide) groups is 1. The number of aromatic nitrogens is 1. The molecule has 33 heavy (non-hydrogen) atoms. The highest BCUT2D eigenvalue weighted by molar-refractivity contribution is 8.00. The first-order valence-corrected chi connectivity index (χ1v) is 12.4. The maximum Gasteiger partial charge on any atom is 0.338 e. The third-order valence-electron chi connectivity index (χ3n) is 5.34. The van der Waals surface area contributed by atoms with Crippen molar-refractivity contribution in [2.24, 2.45) is 0 Å². The number of ether oxygens (including phenoxy) is 1. The van der Waals surface area contributed by atoms with E-state index in [9.17, 15) is 14.0 Å². The van der Waals surface area contributed by atoms with E-state index in [4.69, 9.17) is 4.74 Å². The summed E-state index contributed by atoms with van der Waals surface area (Å²) in [4.78, 5) is 33.5. The number of hydrogen-bond acceptors (Lipinski definition) is 7. The lowest BCUT2D eigenvalue weighted by molar-refractivity contribution is -0.134. The average Bonchev–Trinajstić information content (AvgIpc) is 3.27. The van der Waals surface area contributed by atoms with Crippen molar-refractivity contribution in [3.63, 3.8) is 0 Å². The van der Waals surface area contributed by atoms with E-state index in [0.717, 1.165) is 21.3 Å². The van der Waals surface area contributed by atoms with Crippen LogP contribution in [0.15, 0.2) is 58.3 Å². The van der Waals surface area contributed by atoms with E-state index < -0.39 is 5.97 Å². The van der Waals surface area contributed by atoms with E-state index in [1.807, 2.05) is 24.4 Å². The zero-order valence-corrected chi connectivity index (χ0v) is 19.8. The number of rotatable bonds is 7. The van der Waals surface area contributed by atoms with E-state index >= 15 is 0 Å². The Kier molecular flexibility index (Phi) is 7.61. The number of carbonyl (C=O) groups is 2. The zero-order chi connectivity index (χ0) is 23.2. The molecular weight excluding hydrogens is 461 g/mol. The molecule has 3 aromatic rings. The Morgan fingerprint density at radius 1 is 1.09 bits per heavy atom. The number of benzene rings is 2. The van der Waals surface area contributed by atoms with Gasteiger partial charge in [-0.2, -0.15) is 0 Å². The monoisotopic (exact) mass is 485 g/mol. The van der Waals surface area contributed by atoms with E-state index in [1.54, 1.807) is 52.3 Å². The Morgan fingerprint density at radius 2 is 1.82 bits per heavy atom. The van der Waals surface area contributed by atoms with Gasteiger partial charge in [-0.3, -0.25) is 4.79 Å². The second-order valence-corrected chi connectivity index (χ2v) is 9.70. The molecule has 0 spiro atoms. The first-order valence-electron chi connectivity index (χ1n) is 10.6. The lowest BCUT2D eigenvalue weighted by atomic mass is 10.1. The summed E-state index contributed by atoms with van der Waals surface area (Å²) in [5.41, 5.74) is 3.22. The van der Waals surface area contributed by atoms with Gasteiger partial charge >= 0.3 is 5.97 Å². The molecule has 0 aliphatic carbocycles. The molecule has 1 amide bonds. The van der Waals surface area contributed by atoms with Gasteiger partial charge in [-0.1, -0.05) is 30.0 Å². The molecule has 1 aliphatic heterocycles. The second-order valence-electron chi connectivity index (χ2n) is 7.62. The molecule has 1 saturated heterocycles. The van der Waals surface area contributed by atoms with Gasteiger partial charge in [0.05, 0.1) is 5.56 Å². The highest BCUT2D eigenvalue weighted by atomic mass is 32.2. The number of thiazole rings is 1. The molecule has 6 nitrogen and oxygen atoms in total. The number of aryl methyl sites for hydroxylation is 1. The summed E-state index contributed by atoms with van der Waals surface area (Å²) < 4.78 is 19.4. The molecule has 1 aromatic heterocycles. The highest BCUT2D eigenvalue weighted by Gasteiger charge is 2.23. The number of amides is 1. The largest absolute Gasteiger partial charge is 0.452 e. The van der Waals surface area contributed by atoms with Gasteiger partial charge in [0.15, 0.2) is 6.61 Å². The van der Waals surface area contributed by atoms with Gasteiger partial charge in [0, 0.05) is 48.7 Å². The summed E-state index contributed by atoms with van der Waals surface area (Å²) in [5.74, 6) is -0.391. The maximum atomic E-state index is 13.1. The Balaban J connectivity index is 1.27. The molecule has 2 heterocycles. The van der Waals surface area contributed by atoms with Crippen LogP contribution in [0.4, 0.5) is 10.1 Å². The molecule has 9 heteroatoms. The normalized spacial score (nSPS) is 13.8. The fourth-order valence-corrected chi connectivity index (χ4v) is 5.40. The van der Waals surface area contributed by atoms with Crippen molar-refractivity contribution in [1.82, 2.24) is 9.88 Å². The number of piperazine rings is 1. The Bertz CT molecular complexity index is 1110. The third kappa shape index (κ3) is 6.11. The van der Waals surface area contributed by atoms with E-state index in [0.29, 0.717) is 37.5 Å². The van der Waals surface area contributed by atoms with Gasteiger partial charge in [-0.05, 0) is 42.8 Å². The fraction of sp³-hybridized carbons (Fsp3) is 0.292. The summed E-state index contributed by atoms with van der Waals surface area (Å²) in [7, 11) is 0. The molecule has 0 atom stereocenters. The summed E-state index contributed by atoms with van der Waals surface area (Å²) in [6.45, 7) is 3.99. The molecule has 0 bridgehead atoms. The second kappa shape index (κ2) is 10.8. The van der Waals surface area contributed by atoms with Crippen LogP contribution < -0.4 is 4.90 Å². The molecule has 0 saturated carbocycles. The van der Waals surface area contributed by atoms with Crippen molar-refractivity contribution in [3.8, 4) is 0 Å². The third-order valence-corrected chi connectivity index (χ3v) is 7.52. The summed E-state index contributed by atoms with van der Waals surface area (Å²) in [6.07, 6.45) is 0. The standard InChI is InChI=1S/C24H24FN3O3S2/c1-17-15-32-24(26-17)33-16-18-4-2-3-5-21(18)23(30)31-14-22(29)28-12-10-27(11-13-28)20-8-6-19(25)7-9-20/h2-9,15H,10-14,16H2,1H3. The maximum absolute atomic E-state index is 13.1. The Hall–Kier alpha value is -2.91. The molecule has 0 unspecified atom stereocenters. The van der Waals surface area contributed by atoms with Crippen molar-refractivity contribution >= 4 is 40.7 Å². The Morgan fingerprint density at radius 3 is 2.52 bits per heavy atom. The van der Waals surface area contributed by atoms with Gasteiger partial charge < -0.3 is 14.5 Å². The molecule has 0 N–H and O–H groups in total. The highest BCUT2D eigenvalue weighted by Crippen LogP contribution is 2.27. The quantitative estimate of drug-likeness (QED) is 0.365. The lowest BCUT2D eigenvalue weighted by Gasteiger charge is -2.36. The zero-order valence-electron chi connectivity index (χ0n) is 18.2. The van der Waals surface area contributed by atoms with Crippen LogP contribution in [0.5, 0.6) is 0 Å². The molecule has 172 valence electrons. The van der Waals surface area contributed by atoms with Crippen LogP contribution in [0.2, 0.25) is 0 Å². The minimum atomic E-state index is -0.500. The minimum Gasteiger partial charge on any atom is -0.452 e. The average molecular weight is 486 g/mol. The van der Waals surface area contributed by atoms with Gasteiger partial charge in [0.1, 0.15) is 10.2 Å².